The molecule has 3 unspecified atom stereocenters. The maximum Gasteiger partial charge on any atom is 0.233 e. The van der Waals surface area contributed by atoms with Crippen LogP contribution in [0.1, 0.15) is 63.5 Å². The van der Waals surface area contributed by atoms with Crippen LogP contribution in [-0.4, -0.2) is 40.1 Å². The van der Waals surface area contributed by atoms with E-state index < -0.39 is 0 Å². The van der Waals surface area contributed by atoms with Gasteiger partial charge in [-0.3, -0.25) is 19.3 Å². The minimum Gasteiger partial charge on any atom is -0.333 e. The number of likely N-dealkylation sites (tertiary alicyclic amines) is 1. The summed E-state index contributed by atoms with van der Waals surface area (Å²) in [5, 5.41) is 0. The molecule has 28 heavy (non-hydrogen) atoms. The third-order valence-electron chi connectivity index (χ3n) is 6.48. The Morgan fingerprint density at radius 2 is 1.71 bits per heavy atom. The van der Waals surface area contributed by atoms with Crippen molar-refractivity contribution in [2.75, 3.05) is 6.54 Å². The molecule has 3 fully saturated rings. The lowest BCUT2D eigenvalue weighted by molar-refractivity contribution is -0.141. The third-order valence-corrected chi connectivity index (χ3v) is 6.48. The largest absolute Gasteiger partial charge is 0.333 e. The Morgan fingerprint density at radius 1 is 1.11 bits per heavy atom. The van der Waals surface area contributed by atoms with Crippen LogP contribution in [0.4, 0.5) is 4.39 Å². The fraction of sp³-hybridized carbons (Fsp3) is 0.591. The van der Waals surface area contributed by atoms with Crippen molar-refractivity contribution in [2.45, 2.75) is 64.0 Å². The summed E-state index contributed by atoms with van der Waals surface area (Å²) in [6.45, 7) is 1.98. The highest BCUT2D eigenvalue weighted by molar-refractivity contribution is 6.05. The van der Waals surface area contributed by atoms with Crippen molar-refractivity contribution in [3.63, 3.8) is 0 Å². The van der Waals surface area contributed by atoms with Crippen LogP contribution in [0.5, 0.6) is 0 Å². The molecule has 0 spiro atoms. The number of carbonyl (C=O) groups excluding carboxylic acids is 3. The molecule has 2 saturated carbocycles. The van der Waals surface area contributed by atoms with Crippen LogP contribution >= 0.6 is 0 Å². The van der Waals surface area contributed by atoms with Gasteiger partial charge in [0, 0.05) is 24.6 Å². The van der Waals surface area contributed by atoms with Gasteiger partial charge in [0.05, 0.1) is 17.9 Å². The molecule has 0 bridgehead atoms. The summed E-state index contributed by atoms with van der Waals surface area (Å²) in [5.74, 6) is -1.03. The van der Waals surface area contributed by atoms with Gasteiger partial charge in [0.15, 0.2) is 0 Å². The summed E-state index contributed by atoms with van der Waals surface area (Å²) in [6, 6.07) is 6.28. The van der Waals surface area contributed by atoms with E-state index in [4.69, 9.17) is 0 Å². The maximum absolute atomic E-state index is 14.2. The molecule has 4 rings (SSSR count). The molecule has 0 N–H and O–H groups in total. The SMILES string of the molecule is CC(c1ccccc1F)N(C(=O)CCN1C(=O)C2CCCCC2C1=O)C1CC1. The van der Waals surface area contributed by atoms with Gasteiger partial charge in [-0.15, -0.1) is 0 Å². The van der Waals surface area contributed by atoms with E-state index in [0.717, 1.165) is 38.5 Å². The van der Waals surface area contributed by atoms with Crippen LogP contribution in [0, 0.1) is 17.7 Å². The molecule has 2 aliphatic carbocycles. The van der Waals surface area contributed by atoms with Gasteiger partial charge in [-0.1, -0.05) is 31.0 Å². The van der Waals surface area contributed by atoms with Gasteiger partial charge in [0.2, 0.25) is 17.7 Å². The van der Waals surface area contributed by atoms with Gasteiger partial charge in [-0.25, -0.2) is 4.39 Å². The highest BCUT2D eigenvalue weighted by Crippen LogP contribution is 2.39. The number of imide groups is 1. The van der Waals surface area contributed by atoms with E-state index in [1.165, 1.54) is 11.0 Å². The van der Waals surface area contributed by atoms with E-state index in [1.807, 2.05) is 6.92 Å². The zero-order valence-electron chi connectivity index (χ0n) is 16.3. The Hall–Kier alpha value is -2.24. The monoisotopic (exact) mass is 386 g/mol. The number of hydrogen-bond acceptors (Lipinski definition) is 3. The minimum absolute atomic E-state index is 0.103. The molecule has 1 saturated heterocycles. The number of fused-ring (bicyclic) bond motifs is 1. The third kappa shape index (κ3) is 3.45. The average molecular weight is 386 g/mol. The lowest BCUT2D eigenvalue weighted by atomic mass is 9.81. The Labute approximate surface area is 164 Å². The van der Waals surface area contributed by atoms with Gasteiger partial charge in [0.1, 0.15) is 5.82 Å². The van der Waals surface area contributed by atoms with Crippen molar-refractivity contribution in [2.24, 2.45) is 11.8 Å². The van der Waals surface area contributed by atoms with Crippen LogP contribution < -0.4 is 0 Å². The molecule has 3 aliphatic rings. The number of amides is 3. The van der Waals surface area contributed by atoms with Crippen LogP contribution in [0.25, 0.3) is 0 Å². The first-order chi connectivity index (χ1) is 13.5. The number of benzene rings is 1. The summed E-state index contributed by atoms with van der Waals surface area (Å²) in [6.07, 6.45) is 5.46. The number of rotatable bonds is 6. The molecule has 3 atom stereocenters. The number of halogens is 1. The lowest BCUT2D eigenvalue weighted by Crippen LogP contribution is -2.39. The van der Waals surface area contributed by atoms with Crippen LogP contribution in [0.2, 0.25) is 0 Å². The highest BCUT2D eigenvalue weighted by atomic mass is 19.1. The van der Waals surface area contributed by atoms with Crippen molar-refractivity contribution >= 4 is 17.7 Å². The van der Waals surface area contributed by atoms with E-state index in [0.29, 0.717) is 5.56 Å². The van der Waals surface area contributed by atoms with Crippen LogP contribution in [0.3, 0.4) is 0 Å². The van der Waals surface area contributed by atoms with Gasteiger partial charge in [-0.05, 0) is 38.7 Å². The second-order valence-corrected chi connectivity index (χ2v) is 8.31. The Morgan fingerprint density at radius 3 is 2.29 bits per heavy atom. The summed E-state index contributed by atoms with van der Waals surface area (Å²) >= 11 is 0. The molecule has 1 aliphatic heterocycles. The summed E-state index contributed by atoms with van der Waals surface area (Å²) < 4.78 is 14.2. The Bertz CT molecular complexity index is 768. The highest BCUT2D eigenvalue weighted by Gasteiger charge is 2.48. The van der Waals surface area contributed by atoms with Crippen molar-refractivity contribution < 1.29 is 18.8 Å². The normalized spacial score (nSPS) is 25.6. The molecule has 1 aromatic rings. The first-order valence-corrected chi connectivity index (χ1v) is 10.4. The van der Waals surface area contributed by atoms with E-state index in [9.17, 15) is 18.8 Å². The number of carbonyl (C=O) groups is 3. The zero-order chi connectivity index (χ0) is 19.8. The van der Waals surface area contributed by atoms with E-state index >= 15 is 0 Å². The second-order valence-electron chi connectivity index (χ2n) is 8.31. The Kier molecular flexibility index (Phi) is 5.21. The smallest absolute Gasteiger partial charge is 0.233 e. The first-order valence-electron chi connectivity index (χ1n) is 10.4. The fourth-order valence-corrected chi connectivity index (χ4v) is 4.84. The molecule has 0 aromatic heterocycles. The summed E-state index contributed by atoms with van der Waals surface area (Å²) in [4.78, 5) is 41.3. The molecule has 1 heterocycles. The molecule has 3 amide bonds. The van der Waals surface area contributed by atoms with Gasteiger partial charge < -0.3 is 4.90 Å². The van der Waals surface area contributed by atoms with E-state index in [1.54, 1.807) is 23.1 Å². The number of nitrogens with zero attached hydrogens (tertiary/aromatic N) is 2. The molecular formula is C22H27FN2O3. The van der Waals surface area contributed by atoms with Crippen molar-refractivity contribution in [1.29, 1.82) is 0 Å². The quantitative estimate of drug-likeness (QED) is 0.704. The molecule has 0 radical (unpaired) electrons. The molecular weight excluding hydrogens is 359 g/mol. The van der Waals surface area contributed by atoms with Crippen molar-refractivity contribution in [3.05, 3.63) is 35.6 Å². The maximum atomic E-state index is 14.2. The van der Waals surface area contributed by atoms with Crippen LogP contribution in [0.15, 0.2) is 24.3 Å². The molecule has 150 valence electrons. The van der Waals surface area contributed by atoms with E-state index in [-0.39, 0.29) is 60.4 Å². The van der Waals surface area contributed by atoms with Crippen molar-refractivity contribution in [1.82, 2.24) is 9.80 Å². The average Bonchev–Trinajstić information content (AvgIpc) is 3.49. The zero-order valence-corrected chi connectivity index (χ0v) is 16.3. The van der Waals surface area contributed by atoms with Crippen molar-refractivity contribution in [3.8, 4) is 0 Å². The predicted octanol–water partition coefficient (Wildman–Crippen LogP) is 3.44. The summed E-state index contributed by atoms with van der Waals surface area (Å²) in [5.41, 5.74) is 0.502. The van der Waals surface area contributed by atoms with Gasteiger partial charge >= 0.3 is 0 Å². The first kappa shape index (κ1) is 19.1. The molecule has 1 aromatic carbocycles. The minimum atomic E-state index is -0.367. The van der Waals surface area contributed by atoms with Gasteiger partial charge in [-0.2, -0.15) is 0 Å². The van der Waals surface area contributed by atoms with Crippen LogP contribution in [-0.2, 0) is 14.4 Å². The standard InChI is InChI=1S/C22H27FN2O3/c1-14(16-6-4-5-9-19(16)23)25(15-10-11-15)20(26)12-13-24-21(27)17-7-2-3-8-18(17)22(24)28/h4-6,9,14-15,17-18H,2-3,7-8,10-13H2,1H3. The predicted molar refractivity (Wildman–Crippen MR) is 101 cm³/mol. The lowest BCUT2D eigenvalue weighted by Gasteiger charge is -2.30. The number of hydrogen-bond donors (Lipinski definition) is 0. The summed E-state index contributed by atoms with van der Waals surface area (Å²) in [7, 11) is 0. The van der Waals surface area contributed by atoms with E-state index in [2.05, 4.69) is 0 Å². The van der Waals surface area contributed by atoms with Gasteiger partial charge in [0.25, 0.3) is 0 Å². The molecule has 5 nitrogen and oxygen atoms in total. The topological polar surface area (TPSA) is 57.7 Å². The Balaban J connectivity index is 1.44. The molecule has 6 heteroatoms. The second kappa shape index (κ2) is 7.64. The fourth-order valence-electron chi connectivity index (χ4n) is 4.84.